The lowest BCUT2D eigenvalue weighted by atomic mass is 10.1. The first kappa shape index (κ1) is 24.3. The minimum atomic E-state index is -2.88. The van der Waals surface area contributed by atoms with Crippen LogP contribution in [0.5, 0.6) is 16.7 Å². The van der Waals surface area contributed by atoms with Gasteiger partial charge in [0.25, 0.3) is 11.1 Å². The van der Waals surface area contributed by atoms with E-state index in [0.717, 1.165) is 22.9 Å². The maximum absolute atomic E-state index is 13.5. The lowest BCUT2D eigenvalue weighted by molar-refractivity contribution is 0.0175. The molecule has 38 heavy (non-hydrogen) atoms. The van der Waals surface area contributed by atoms with Crippen LogP contribution in [-0.2, 0) is 12.5 Å². The number of rotatable bonds is 8. The number of benzene rings is 2. The average molecular weight is 555 g/mol. The Balaban J connectivity index is 1.25. The second-order valence-electron chi connectivity index (χ2n) is 8.47. The van der Waals surface area contributed by atoms with E-state index in [2.05, 4.69) is 15.1 Å². The Hall–Kier alpha value is -4.03. The van der Waals surface area contributed by atoms with Crippen molar-refractivity contribution in [2.45, 2.75) is 19.5 Å². The van der Waals surface area contributed by atoms with E-state index < -0.39 is 5.92 Å². The van der Waals surface area contributed by atoms with E-state index in [1.807, 2.05) is 11.4 Å². The number of hydrogen-bond donors (Lipinski definition) is 0. The summed E-state index contributed by atoms with van der Waals surface area (Å²) >= 11 is 2.75. The fraction of sp³-hybridized carbons (Fsp3) is 0.192. The molecule has 4 aromatic heterocycles. The van der Waals surface area contributed by atoms with Crippen LogP contribution in [0.2, 0.25) is 0 Å². The second kappa shape index (κ2) is 9.37. The highest BCUT2D eigenvalue weighted by molar-refractivity contribution is 7.18. The maximum atomic E-state index is 13.5. The zero-order valence-corrected chi connectivity index (χ0v) is 22.0. The number of thiazole rings is 1. The summed E-state index contributed by atoms with van der Waals surface area (Å²) < 4.78 is 51.5. The molecule has 0 bridgehead atoms. The normalized spacial score (nSPS) is 11.9. The van der Waals surface area contributed by atoms with Crippen LogP contribution in [0, 0.1) is 0 Å². The number of imidazole rings is 1. The van der Waals surface area contributed by atoms with E-state index in [1.165, 1.54) is 34.8 Å². The van der Waals surface area contributed by atoms with Crippen molar-refractivity contribution in [1.29, 1.82) is 0 Å². The highest BCUT2D eigenvalue weighted by atomic mass is 32.1. The van der Waals surface area contributed by atoms with Crippen molar-refractivity contribution in [3.8, 4) is 38.7 Å². The summed E-state index contributed by atoms with van der Waals surface area (Å²) in [7, 11) is 3.14. The van der Waals surface area contributed by atoms with Crippen molar-refractivity contribution < 1.29 is 27.4 Å². The van der Waals surface area contributed by atoms with Gasteiger partial charge in [0.2, 0.25) is 4.96 Å². The minimum Gasteiger partial charge on any atom is -0.496 e. The van der Waals surface area contributed by atoms with Crippen LogP contribution in [0.4, 0.5) is 8.78 Å². The van der Waals surface area contributed by atoms with Gasteiger partial charge in [-0.25, -0.2) is 23.3 Å². The van der Waals surface area contributed by atoms with Crippen LogP contribution in [-0.4, -0.2) is 33.8 Å². The quantitative estimate of drug-likeness (QED) is 0.200. The van der Waals surface area contributed by atoms with Gasteiger partial charge in [-0.2, -0.15) is 0 Å². The Labute approximate surface area is 223 Å². The third kappa shape index (κ3) is 4.56. The largest absolute Gasteiger partial charge is 0.496 e. The molecule has 194 valence electrons. The molecule has 0 saturated carbocycles. The Kier molecular flexibility index (Phi) is 6.00. The van der Waals surface area contributed by atoms with Crippen molar-refractivity contribution in [3.05, 3.63) is 65.3 Å². The highest BCUT2D eigenvalue weighted by Gasteiger charge is 2.24. The van der Waals surface area contributed by atoms with E-state index in [1.54, 1.807) is 49.2 Å². The Bertz CT molecular complexity index is 1720. The van der Waals surface area contributed by atoms with Gasteiger partial charge in [-0.05, 0) is 17.4 Å². The van der Waals surface area contributed by atoms with E-state index in [0.29, 0.717) is 44.4 Å². The summed E-state index contributed by atoms with van der Waals surface area (Å²) in [5, 5.41) is 8.19. The zero-order chi connectivity index (χ0) is 26.4. The summed E-state index contributed by atoms with van der Waals surface area (Å²) in [5.74, 6) is -1.17. The summed E-state index contributed by atoms with van der Waals surface area (Å²) in [6.45, 7) is 1.08. The first-order valence-electron chi connectivity index (χ1n) is 11.4. The topological polar surface area (TPSA) is 83.9 Å². The standard InChI is InChI=1S/C26H20F2N4O4S2/c1-26(27,28)15-6-4-14(5-7-15)23-29-16(13-37-23)12-35-20-8-17(33-2)9-21-18(20)10-22(36-21)19-11-32-24(30-19)38-25(31-32)34-3/h4-11,13H,12H2,1-3H3. The first-order chi connectivity index (χ1) is 18.3. The summed E-state index contributed by atoms with van der Waals surface area (Å²) in [6.07, 6.45) is 1.77. The molecule has 0 radical (unpaired) electrons. The molecule has 2 aromatic carbocycles. The van der Waals surface area contributed by atoms with Crippen molar-refractivity contribution in [2.24, 2.45) is 0 Å². The minimum absolute atomic E-state index is 0.0331. The molecular formula is C26H20F2N4O4S2. The molecular weight excluding hydrogens is 534 g/mol. The second-order valence-corrected chi connectivity index (χ2v) is 10.2. The molecule has 0 fully saturated rings. The van der Waals surface area contributed by atoms with Crippen molar-refractivity contribution >= 4 is 38.6 Å². The van der Waals surface area contributed by atoms with E-state index >= 15 is 0 Å². The molecule has 0 spiro atoms. The Morgan fingerprint density at radius 3 is 2.58 bits per heavy atom. The number of aromatic nitrogens is 4. The van der Waals surface area contributed by atoms with Gasteiger partial charge >= 0.3 is 0 Å². The molecule has 0 unspecified atom stereocenters. The predicted octanol–water partition coefficient (Wildman–Crippen LogP) is 7.04. The van der Waals surface area contributed by atoms with Crippen LogP contribution >= 0.6 is 22.7 Å². The fourth-order valence-electron chi connectivity index (χ4n) is 3.89. The molecule has 0 amide bonds. The van der Waals surface area contributed by atoms with Crippen LogP contribution in [0.25, 0.3) is 38.0 Å². The number of methoxy groups -OCH3 is 2. The molecule has 0 aliphatic heterocycles. The van der Waals surface area contributed by atoms with Gasteiger partial charge in [-0.1, -0.05) is 24.3 Å². The molecule has 4 heterocycles. The van der Waals surface area contributed by atoms with Crippen molar-refractivity contribution in [2.75, 3.05) is 14.2 Å². The van der Waals surface area contributed by atoms with Gasteiger partial charge < -0.3 is 18.6 Å². The number of fused-ring (bicyclic) bond motifs is 2. The van der Waals surface area contributed by atoms with Gasteiger partial charge in [-0.15, -0.1) is 16.4 Å². The van der Waals surface area contributed by atoms with Crippen LogP contribution in [0.3, 0.4) is 0 Å². The number of halogens is 2. The molecule has 6 aromatic rings. The van der Waals surface area contributed by atoms with Crippen molar-refractivity contribution in [1.82, 2.24) is 19.6 Å². The average Bonchev–Trinajstić information content (AvgIpc) is 3.69. The maximum Gasteiger partial charge on any atom is 0.294 e. The molecule has 6 rings (SSSR count). The van der Waals surface area contributed by atoms with Crippen LogP contribution in [0.1, 0.15) is 18.2 Å². The first-order valence-corrected chi connectivity index (χ1v) is 13.1. The zero-order valence-electron chi connectivity index (χ0n) is 20.4. The van der Waals surface area contributed by atoms with Crippen molar-refractivity contribution in [3.63, 3.8) is 0 Å². The van der Waals surface area contributed by atoms with Gasteiger partial charge in [0.15, 0.2) is 5.76 Å². The van der Waals surface area contributed by atoms with Crippen LogP contribution < -0.4 is 14.2 Å². The number of furan rings is 1. The summed E-state index contributed by atoms with van der Waals surface area (Å²) in [4.78, 5) is 9.89. The summed E-state index contributed by atoms with van der Waals surface area (Å²) in [5.41, 5.74) is 2.66. The Morgan fingerprint density at radius 2 is 1.87 bits per heavy atom. The molecule has 0 atom stereocenters. The molecule has 0 aliphatic rings. The van der Waals surface area contributed by atoms with Gasteiger partial charge in [0.1, 0.15) is 34.4 Å². The lowest BCUT2D eigenvalue weighted by Crippen LogP contribution is -2.06. The van der Waals surface area contributed by atoms with Crippen LogP contribution in [0.15, 0.2) is 58.5 Å². The molecule has 0 N–H and O–H groups in total. The number of nitrogens with zero attached hydrogens (tertiary/aromatic N) is 4. The van der Waals surface area contributed by atoms with Gasteiger partial charge in [0, 0.05) is 35.6 Å². The molecule has 12 heteroatoms. The monoisotopic (exact) mass is 554 g/mol. The number of ether oxygens (including phenoxy) is 3. The van der Waals surface area contributed by atoms with E-state index in [9.17, 15) is 8.78 Å². The van der Waals surface area contributed by atoms with E-state index in [-0.39, 0.29) is 12.2 Å². The molecule has 8 nitrogen and oxygen atoms in total. The van der Waals surface area contributed by atoms with E-state index in [4.69, 9.17) is 18.6 Å². The smallest absolute Gasteiger partial charge is 0.294 e. The number of alkyl halides is 2. The van der Waals surface area contributed by atoms with Gasteiger partial charge in [-0.3, -0.25) is 0 Å². The third-order valence-electron chi connectivity index (χ3n) is 5.83. The van der Waals surface area contributed by atoms with Gasteiger partial charge in [0.05, 0.1) is 31.5 Å². The highest BCUT2D eigenvalue weighted by Crippen LogP contribution is 2.38. The number of hydrogen-bond acceptors (Lipinski definition) is 9. The third-order valence-corrected chi connectivity index (χ3v) is 7.65. The summed E-state index contributed by atoms with van der Waals surface area (Å²) in [6, 6.07) is 11.6. The fourth-order valence-corrected chi connectivity index (χ4v) is 5.40. The lowest BCUT2D eigenvalue weighted by Gasteiger charge is -2.10. The Morgan fingerprint density at radius 1 is 1.05 bits per heavy atom. The molecule has 0 aliphatic carbocycles. The predicted molar refractivity (Wildman–Crippen MR) is 141 cm³/mol. The molecule has 0 saturated heterocycles. The SMILES string of the molecule is COc1cc(OCc2csc(-c3ccc(C(C)(F)F)cc3)n2)c2cc(-c3cn4nc(OC)sc4n3)oc2c1.